The second-order valence-electron chi connectivity index (χ2n) is 4.42. The van der Waals surface area contributed by atoms with Crippen LogP contribution in [0.15, 0.2) is 36.5 Å². The summed E-state index contributed by atoms with van der Waals surface area (Å²) in [6.45, 7) is -0.265. The first-order valence-corrected chi connectivity index (χ1v) is 6.08. The van der Waals surface area contributed by atoms with Gasteiger partial charge in [0.15, 0.2) is 5.82 Å². The summed E-state index contributed by atoms with van der Waals surface area (Å²) < 4.78 is 26.8. The van der Waals surface area contributed by atoms with Crippen LogP contribution in [0.4, 0.5) is 20.2 Å². The number of anilines is 2. The van der Waals surface area contributed by atoms with Crippen LogP contribution in [0.5, 0.6) is 0 Å². The minimum absolute atomic E-state index is 0.265. The fraction of sp³-hybridized carbons (Fsp3) is 0.0714. The van der Waals surface area contributed by atoms with Crippen molar-refractivity contribution in [2.24, 2.45) is 0 Å². The van der Waals surface area contributed by atoms with Gasteiger partial charge >= 0.3 is 0 Å². The first-order chi connectivity index (χ1) is 10.1. The zero-order chi connectivity index (χ0) is 15.0. The minimum Gasteiger partial charge on any atom is -0.323 e. The fourth-order valence-electron chi connectivity index (χ4n) is 2.14. The molecule has 1 aromatic heterocycles. The molecule has 0 atom stereocenters. The van der Waals surface area contributed by atoms with Crippen molar-refractivity contribution in [1.29, 1.82) is 0 Å². The third kappa shape index (κ3) is 2.22. The van der Waals surface area contributed by atoms with Gasteiger partial charge in [-0.15, -0.1) is 0 Å². The Morgan fingerprint density at radius 3 is 2.81 bits per heavy atom. The molecule has 0 aliphatic carbocycles. The summed E-state index contributed by atoms with van der Waals surface area (Å²) in [5.74, 6) is -3.88. The van der Waals surface area contributed by atoms with Crippen LogP contribution < -0.4 is 10.2 Å². The Kier molecular flexibility index (Phi) is 3.09. The van der Waals surface area contributed by atoms with E-state index in [1.54, 1.807) is 24.3 Å². The third-order valence-corrected chi connectivity index (χ3v) is 3.09. The van der Waals surface area contributed by atoms with E-state index >= 15 is 0 Å². The normalized spacial score (nSPS) is 13.6. The van der Waals surface area contributed by atoms with Gasteiger partial charge in [-0.05, 0) is 18.2 Å². The molecule has 7 heteroatoms. The lowest BCUT2D eigenvalue weighted by Crippen LogP contribution is -2.42. The van der Waals surface area contributed by atoms with Crippen molar-refractivity contribution < 1.29 is 18.4 Å². The van der Waals surface area contributed by atoms with E-state index in [1.807, 2.05) is 0 Å². The number of fused-ring (bicyclic) bond motifs is 1. The van der Waals surface area contributed by atoms with Crippen molar-refractivity contribution in [1.82, 2.24) is 4.98 Å². The molecule has 2 heterocycles. The number of hydrogen-bond donors (Lipinski definition) is 1. The van der Waals surface area contributed by atoms with Crippen molar-refractivity contribution in [3.8, 4) is 0 Å². The summed E-state index contributed by atoms with van der Waals surface area (Å²) in [6, 6.07) is 7.69. The van der Waals surface area contributed by atoms with E-state index in [4.69, 9.17) is 0 Å². The molecule has 2 aromatic rings. The van der Waals surface area contributed by atoms with Gasteiger partial charge < -0.3 is 5.32 Å². The van der Waals surface area contributed by atoms with Gasteiger partial charge in [0.1, 0.15) is 6.54 Å². The predicted octanol–water partition coefficient (Wildman–Crippen LogP) is 1.96. The summed E-state index contributed by atoms with van der Waals surface area (Å²) in [5.41, 5.74) is 0.405. The third-order valence-electron chi connectivity index (χ3n) is 3.09. The van der Waals surface area contributed by atoms with Crippen molar-refractivity contribution >= 4 is 23.2 Å². The van der Waals surface area contributed by atoms with Gasteiger partial charge in [-0.1, -0.05) is 12.1 Å². The Labute approximate surface area is 118 Å². The van der Waals surface area contributed by atoms with Crippen LogP contribution in [0.2, 0.25) is 0 Å². The fourth-order valence-corrected chi connectivity index (χ4v) is 2.14. The molecule has 21 heavy (non-hydrogen) atoms. The van der Waals surface area contributed by atoms with Gasteiger partial charge in [0.2, 0.25) is 11.9 Å². The number of para-hydroxylation sites is 2. The summed E-state index contributed by atoms with van der Waals surface area (Å²) in [4.78, 5) is 28.3. The van der Waals surface area contributed by atoms with Gasteiger partial charge in [-0.25, -0.2) is 9.37 Å². The maximum absolute atomic E-state index is 13.7. The topological polar surface area (TPSA) is 62.3 Å². The van der Waals surface area contributed by atoms with Crippen LogP contribution in [0.3, 0.4) is 0 Å². The molecule has 0 fully saturated rings. The average Bonchev–Trinajstić information content (AvgIpc) is 2.48. The largest absolute Gasteiger partial charge is 0.323 e. The molecule has 0 radical (unpaired) electrons. The Hall–Kier alpha value is -2.83. The van der Waals surface area contributed by atoms with E-state index in [2.05, 4.69) is 10.3 Å². The van der Waals surface area contributed by atoms with Crippen molar-refractivity contribution in [2.45, 2.75) is 0 Å². The smallest absolute Gasteiger partial charge is 0.262 e. The number of nitrogens with zero attached hydrogens (tertiary/aromatic N) is 2. The monoisotopic (exact) mass is 289 g/mol. The molecule has 3 rings (SSSR count). The summed E-state index contributed by atoms with van der Waals surface area (Å²) >= 11 is 0. The predicted molar refractivity (Wildman–Crippen MR) is 70.9 cm³/mol. The summed E-state index contributed by atoms with van der Waals surface area (Å²) in [5, 5.41) is 2.61. The van der Waals surface area contributed by atoms with Crippen molar-refractivity contribution in [3.05, 3.63) is 53.9 Å². The summed E-state index contributed by atoms with van der Waals surface area (Å²) in [6.07, 6.45) is 1.00. The number of nitrogens with one attached hydrogen (secondary N) is 1. The zero-order valence-electron chi connectivity index (χ0n) is 10.6. The van der Waals surface area contributed by atoms with E-state index in [0.717, 1.165) is 17.2 Å². The molecule has 0 spiro atoms. The second kappa shape index (κ2) is 4.93. The van der Waals surface area contributed by atoms with Crippen LogP contribution in [-0.4, -0.2) is 23.3 Å². The second-order valence-corrected chi connectivity index (χ2v) is 4.42. The average molecular weight is 289 g/mol. The molecule has 0 saturated heterocycles. The van der Waals surface area contributed by atoms with Crippen LogP contribution in [0.25, 0.3) is 0 Å². The van der Waals surface area contributed by atoms with E-state index in [-0.39, 0.29) is 6.54 Å². The lowest BCUT2D eigenvalue weighted by atomic mass is 10.1. The highest BCUT2D eigenvalue weighted by atomic mass is 19.2. The van der Waals surface area contributed by atoms with E-state index < -0.39 is 29.1 Å². The number of carbonyl (C=O) groups excluding carboxylic acids is 2. The molecule has 0 unspecified atom stereocenters. The van der Waals surface area contributed by atoms with Gasteiger partial charge in [0.05, 0.1) is 16.9 Å². The maximum Gasteiger partial charge on any atom is 0.262 e. The highest BCUT2D eigenvalue weighted by molar-refractivity contribution is 6.15. The quantitative estimate of drug-likeness (QED) is 0.816. The molecule has 0 saturated carbocycles. The van der Waals surface area contributed by atoms with Gasteiger partial charge in [-0.2, -0.15) is 4.39 Å². The van der Waals surface area contributed by atoms with Crippen molar-refractivity contribution in [2.75, 3.05) is 16.8 Å². The lowest BCUT2D eigenvalue weighted by molar-refractivity contribution is -0.115. The molecule has 1 aromatic carbocycles. The van der Waals surface area contributed by atoms with Crippen LogP contribution in [0.1, 0.15) is 10.4 Å². The molecule has 2 amide bonds. The number of halogens is 2. The zero-order valence-corrected chi connectivity index (χ0v) is 10.6. The Morgan fingerprint density at radius 1 is 1.24 bits per heavy atom. The molecule has 1 aliphatic heterocycles. The first kappa shape index (κ1) is 13.2. The van der Waals surface area contributed by atoms with Crippen LogP contribution in [-0.2, 0) is 4.79 Å². The van der Waals surface area contributed by atoms with E-state index in [9.17, 15) is 18.4 Å². The molecule has 5 nitrogen and oxygen atoms in total. The highest BCUT2D eigenvalue weighted by Crippen LogP contribution is 2.30. The number of hydrogen-bond acceptors (Lipinski definition) is 3. The molecule has 1 N–H and O–H groups in total. The standard InChI is InChI=1S/C14H9F2N3O2/c15-12-8(5-6-17-13(12)16)14(21)19-7-11(20)18-9-3-1-2-4-10(9)19/h1-6H,7H2,(H,18,20). The number of benzene rings is 1. The number of rotatable bonds is 1. The lowest BCUT2D eigenvalue weighted by Gasteiger charge is -2.29. The van der Waals surface area contributed by atoms with E-state index in [1.165, 1.54) is 0 Å². The summed E-state index contributed by atoms with van der Waals surface area (Å²) in [7, 11) is 0. The molecule has 0 bridgehead atoms. The number of pyridine rings is 1. The molecule has 106 valence electrons. The minimum atomic E-state index is -1.35. The maximum atomic E-state index is 13.7. The van der Waals surface area contributed by atoms with Crippen molar-refractivity contribution in [3.63, 3.8) is 0 Å². The van der Waals surface area contributed by atoms with E-state index in [0.29, 0.717) is 11.4 Å². The number of amides is 2. The van der Waals surface area contributed by atoms with Crippen LogP contribution >= 0.6 is 0 Å². The van der Waals surface area contributed by atoms with Crippen LogP contribution in [0, 0.1) is 11.8 Å². The Bertz CT molecular complexity index is 749. The Balaban J connectivity index is 2.06. The SMILES string of the molecule is O=C1CN(C(=O)c2ccnc(F)c2F)c2ccccc2N1. The number of carbonyl (C=O) groups is 2. The molecular weight excluding hydrogens is 280 g/mol. The number of aromatic nitrogens is 1. The molecule has 1 aliphatic rings. The molecular formula is C14H9F2N3O2. The Morgan fingerprint density at radius 2 is 2.00 bits per heavy atom. The first-order valence-electron chi connectivity index (χ1n) is 6.08. The van der Waals surface area contributed by atoms with Gasteiger partial charge in [0.25, 0.3) is 5.91 Å². The highest BCUT2D eigenvalue weighted by Gasteiger charge is 2.29. The van der Waals surface area contributed by atoms with Gasteiger partial charge in [0, 0.05) is 6.20 Å². The van der Waals surface area contributed by atoms with Gasteiger partial charge in [-0.3, -0.25) is 14.5 Å².